The summed E-state index contributed by atoms with van der Waals surface area (Å²) in [5.41, 5.74) is 4.22. The Balaban J connectivity index is 1.54. The molecule has 1 atom stereocenters. The van der Waals surface area contributed by atoms with Gasteiger partial charge in [-0.2, -0.15) is 4.98 Å². The van der Waals surface area contributed by atoms with Crippen LogP contribution in [0.3, 0.4) is 0 Å². The number of hydrogen-bond donors (Lipinski definition) is 0. The lowest BCUT2D eigenvalue weighted by Gasteiger charge is -2.24. The summed E-state index contributed by atoms with van der Waals surface area (Å²) in [6, 6.07) is 8.33. The van der Waals surface area contributed by atoms with Crippen molar-refractivity contribution in [3.8, 4) is 17.1 Å². The minimum atomic E-state index is -0.275. The SMILES string of the molecule is COCCCc1ccc2c(c1)CCn1c-2cc(OC[C@@H]2COCCO2)nc1=O. The Kier molecular flexibility index (Phi) is 6.04. The lowest BCUT2D eigenvalue weighted by molar-refractivity contribution is -0.102. The molecule has 2 aromatic rings. The van der Waals surface area contributed by atoms with E-state index >= 15 is 0 Å². The largest absolute Gasteiger partial charge is 0.475 e. The molecule has 0 saturated carbocycles. The van der Waals surface area contributed by atoms with Gasteiger partial charge in [-0.3, -0.25) is 4.57 Å². The van der Waals surface area contributed by atoms with Crippen LogP contribution < -0.4 is 10.4 Å². The molecule has 0 unspecified atom stereocenters. The van der Waals surface area contributed by atoms with E-state index in [0.29, 0.717) is 38.9 Å². The summed E-state index contributed by atoms with van der Waals surface area (Å²) in [5.74, 6) is 0.336. The molecular weight excluding hydrogens is 360 g/mol. The number of methoxy groups -OCH3 is 1. The average Bonchev–Trinajstić information content (AvgIpc) is 2.73. The van der Waals surface area contributed by atoms with Crippen molar-refractivity contribution in [2.24, 2.45) is 0 Å². The highest BCUT2D eigenvalue weighted by molar-refractivity contribution is 5.67. The molecule has 2 aliphatic rings. The second kappa shape index (κ2) is 8.86. The Morgan fingerprint density at radius 1 is 1.29 bits per heavy atom. The predicted octanol–water partition coefficient (Wildman–Crippen LogP) is 1.84. The molecule has 150 valence electrons. The van der Waals surface area contributed by atoms with Gasteiger partial charge in [-0.25, -0.2) is 4.79 Å². The zero-order valence-corrected chi connectivity index (χ0v) is 16.2. The van der Waals surface area contributed by atoms with Crippen LogP contribution in [-0.2, 0) is 33.6 Å². The summed E-state index contributed by atoms with van der Waals surface area (Å²) in [5, 5.41) is 0. The number of fused-ring (bicyclic) bond motifs is 3. The van der Waals surface area contributed by atoms with E-state index in [1.165, 1.54) is 11.1 Å². The van der Waals surface area contributed by atoms with E-state index in [0.717, 1.165) is 37.1 Å². The molecule has 1 fully saturated rings. The first-order chi connectivity index (χ1) is 13.7. The molecule has 28 heavy (non-hydrogen) atoms. The first kappa shape index (κ1) is 19.1. The van der Waals surface area contributed by atoms with Crippen LogP contribution in [0.25, 0.3) is 11.3 Å². The van der Waals surface area contributed by atoms with Gasteiger partial charge in [0.25, 0.3) is 0 Å². The zero-order chi connectivity index (χ0) is 19.3. The summed E-state index contributed by atoms with van der Waals surface area (Å²) in [7, 11) is 1.72. The van der Waals surface area contributed by atoms with Gasteiger partial charge in [0.1, 0.15) is 12.7 Å². The average molecular weight is 386 g/mol. The number of benzene rings is 1. The van der Waals surface area contributed by atoms with Crippen molar-refractivity contribution in [2.45, 2.75) is 31.9 Å². The molecule has 0 aliphatic carbocycles. The van der Waals surface area contributed by atoms with E-state index in [4.69, 9.17) is 18.9 Å². The molecule has 4 rings (SSSR count). The Labute approximate surface area is 164 Å². The number of hydrogen-bond acceptors (Lipinski definition) is 6. The molecule has 7 nitrogen and oxygen atoms in total. The summed E-state index contributed by atoms with van der Waals surface area (Å²) < 4.78 is 23.6. The van der Waals surface area contributed by atoms with Crippen LogP contribution in [0.2, 0.25) is 0 Å². The molecule has 1 saturated heterocycles. The number of aromatic nitrogens is 2. The molecule has 2 aliphatic heterocycles. The van der Waals surface area contributed by atoms with Crippen LogP contribution in [0, 0.1) is 0 Å². The van der Waals surface area contributed by atoms with Crippen molar-refractivity contribution in [1.82, 2.24) is 9.55 Å². The highest BCUT2D eigenvalue weighted by atomic mass is 16.6. The van der Waals surface area contributed by atoms with E-state index in [-0.39, 0.29) is 11.8 Å². The van der Waals surface area contributed by atoms with Gasteiger partial charge >= 0.3 is 5.69 Å². The fraction of sp³-hybridized carbons (Fsp3) is 0.524. The van der Waals surface area contributed by atoms with Gasteiger partial charge in [0.05, 0.1) is 25.5 Å². The molecule has 1 aromatic heterocycles. The predicted molar refractivity (Wildman–Crippen MR) is 104 cm³/mol. The van der Waals surface area contributed by atoms with E-state index in [1.54, 1.807) is 11.7 Å². The maximum absolute atomic E-state index is 12.5. The van der Waals surface area contributed by atoms with E-state index < -0.39 is 0 Å². The first-order valence-electron chi connectivity index (χ1n) is 9.80. The molecule has 1 aromatic carbocycles. The molecular formula is C21H26N2O5. The maximum Gasteiger partial charge on any atom is 0.351 e. The van der Waals surface area contributed by atoms with Crippen molar-refractivity contribution in [3.05, 3.63) is 45.9 Å². The lowest BCUT2D eigenvalue weighted by atomic mass is 9.94. The quantitative estimate of drug-likeness (QED) is 0.676. The van der Waals surface area contributed by atoms with Gasteiger partial charge in [0, 0.05) is 31.9 Å². The highest BCUT2D eigenvalue weighted by Gasteiger charge is 2.21. The van der Waals surface area contributed by atoms with E-state index in [1.807, 2.05) is 6.07 Å². The number of aryl methyl sites for hydroxylation is 2. The third-order valence-electron chi connectivity index (χ3n) is 5.15. The van der Waals surface area contributed by atoms with E-state index in [2.05, 4.69) is 23.2 Å². The van der Waals surface area contributed by atoms with Crippen LogP contribution in [0.5, 0.6) is 5.88 Å². The summed E-state index contributed by atoms with van der Waals surface area (Å²) in [6.45, 7) is 3.39. The van der Waals surface area contributed by atoms with Crippen molar-refractivity contribution >= 4 is 0 Å². The van der Waals surface area contributed by atoms with Crippen LogP contribution >= 0.6 is 0 Å². The van der Waals surface area contributed by atoms with Crippen molar-refractivity contribution in [1.29, 1.82) is 0 Å². The van der Waals surface area contributed by atoms with Crippen molar-refractivity contribution in [2.75, 3.05) is 40.1 Å². The Bertz CT molecular complexity index is 874. The van der Waals surface area contributed by atoms with Gasteiger partial charge in [-0.15, -0.1) is 0 Å². The fourth-order valence-electron chi connectivity index (χ4n) is 3.72. The van der Waals surface area contributed by atoms with Gasteiger partial charge in [-0.05, 0) is 30.4 Å². The van der Waals surface area contributed by atoms with Crippen molar-refractivity contribution < 1.29 is 18.9 Å². The summed E-state index contributed by atoms with van der Waals surface area (Å²) >= 11 is 0. The van der Waals surface area contributed by atoms with Gasteiger partial charge in [0.2, 0.25) is 5.88 Å². The monoisotopic (exact) mass is 386 g/mol. The van der Waals surface area contributed by atoms with Gasteiger partial charge < -0.3 is 18.9 Å². The maximum atomic E-state index is 12.5. The summed E-state index contributed by atoms with van der Waals surface area (Å²) in [4.78, 5) is 16.6. The third-order valence-corrected chi connectivity index (χ3v) is 5.15. The second-order valence-electron chi connectivity index (χ2n) is 7.13. The Morgan fingerprint density at radius 3 is 3.04 bits per heavy atom. The molecule has 0 bridgehead atoms. The minimum Gasteiger partial charge on any atom is -0.475 e. The lowest BCUT2D eigenvalue weighted by Crippen LogP contribution is -2.34. The van der Waals surface area contributed by atoms with Gasteiger partial charge in [0.15, 0.2) is 0 Å². The zero-order valence-electron chi connectivity index (χ0n) is 16.2. The molecule has 0 spiro atoms. The number of ether oxygens (including phenoxy) is 4. The summed E-state index contributed by atoms with van der Waals surface area (Å²) in [6.07, 6.45) is 2.69. The first-order valence-corrected chi connectivity index (χ1v) is 9.80. The van der Waals surface area contributed by atoms with Crippen molar-refractivity contribution in [3.63, 3.8) is 0 Å². The molecule has 3 heterocycles. The standard InChI is InChI=1S/C21H26N2O5/c1-25-8-2-3-15-4-5-18-16(11-15)6-7-23-19(18)12-20(22-21(23)24)28-14-17-13-26-9-10-27-17/h4-5,11-12,17H,2-3,6-10,13-14H2,1H3/t17-/m0/s1. The normalized spacial score (nSPS) is 18.4. The highest BCUT2D eigenvalue weighted by Crippen LogP contribution is 2.30. The van der Waals surface area contributed by atoms with Crippen LogP contribution in [0.4, 0.5) is 0 Å². The minimum absolute atomic E-state index is 0.128. The second-order valence-corrected chi connectivity index (χ2v) is 7.13. The molecule has 0 radical (unpaired) electrons. The Morgan fingerprint density at radius 2 is 2.21 bits per heavy atom. The number of rotatable bonds is 7. The van der Waals surface area contributed by atoms with Crippen LogP contribution in [-0.4, -0.2) is 55.8 Å². The van der Waals surface area contributed by atoms with Gasteiger partial charge in [-0.1, -0.05) is 18.2 Å². The fourth-order valence-corrected chi connectivity index (χ4v) is 3.72. The molecule has 7 heteroatoms. The van der Waals surface area contributed by atoms with Crippen LogP contribution in [0.1, 0.15) is 17.5 Å². The molecule has 0 N–H and O–H groups in total. The van der Waals surface area contributed by atoms with Crippen LogP contribution in [0.15, 0.2) is 29.1 Å². The molecule has 0 amide bonds. The number of nitrogens with zero attached hydrogens (tertiary/aromatic N) is 2. The van der Waals surface area contributed by atoms with E-state index in [9.17, 15) is 4.79 Å². The Hall–Kier alpha value is -2.22. The third kappa shape index (κ3) is 4.27. The topological polar surface area (TPSA) is 71.8 Å². The smallest absolute Gasteiger partial charge is 0.351 e.